The zero-order valence-electron chi connectivity index (χ0n) is 12.7. The first-order valence-electron chi connectivity index (χ1n) is 7.36. The number of hydrogen-bond donors (Lipinski definition) is 1. The highest BCUT2D eigenvalue weighted by Crippen LogP contribution is 2.26. The van der Waals surface area contributed by atoms with Crippen LogP contribution < -0.4 is 10.1 Å². The van der Waals surface area contributed by atoms with E-state index in [1.807, 2.05) is 6.07 Å². The van der Waals surface area contributed by atoms with Crippen molar-refractivity contribution in [3.05, 3.63) is 63.6 Å². The second-order valence-corrected chi connectivity index (χ2v) is 6.06. The molecule has 1 N–H and O–H groups in total. The molecule has 0 amide bonds. The monoisotopic (exact) mass is 347 g/mol. The summed E-state index contributed by atoms with van der Waals surface area (Å²) >= 11 is 3.57. The summed E-state index contributed by atoms with van der Waals surface area (Å²) in [5.41, 5.74) is 3.85. The van der Waals surface area contributed by atoms with Crippen molar-refractivity contribution < 1.29 is 4.74 Å². The second-order valence-electron chi connectivity index (χ2n) is 5.20. The average Bonchev–Trinajstić information content (AvgIpc) is 2.48. The van der Waals surface area contributed by atoms with Crippen LogP contribution in [0.4, 0.5) is 0 Å². The summed E-state index contributed by atoms with van der Waals surface area (Å²) in [6, 6.07) is 14.9. The minimum Gasteiger partial charge on any atom is -0.492 e. The first-order valence-corrected chi connectivity index (χ1v) is 8.16. The summed E-state index contributed by atoms with van der Waals surface area (Å²) in [5.74, 6) is 0.916. The molecule has 112 valence electrons. The Hall–Kier alpha value is -1.32. The fraction of sp³-hybridized carbons (Fsp3) is 0.333. The lowest BCUT2D eigenvalue weighted by Gasteiger charge is -2.10. The van der Waals surface area contributed by atoms with E-state index in [0.29, 0.717) is 0 Å². The third-order valence-corrected chi connectivity index (χ3v) is 3.86. The zero-order valence-corrected chi connectivity index (χ0v) is 14.2. The predicted octanol–water partition coefficient (Wildman–Crippen LogP) is 4.84. The van der Waals surface area contributed by atoms with E-state index in [-0.39, 0.29) is 0 Å². The number of hydrogen-bond acceptors (Lipinski definition) is 2. The van der Waals surface area contributed by atoms with Crippen LogP contribution in [0.2, 0.25) is 0 Å². The highest BCUT2D eigenvalue weighted by atomic mass is 79.9. The van der Waals surface area contributed by atoms with E-state index in [2.05, 4.69) is 71.5 Å². The van der Waals surface area contributed by atoms with Gasteiger partial charge < -0.3 is 10.1 Å². The summed E-state index contributed by atoms with van der Waals surface area (Å²) in [5, 5.41) is 3.47. The van der Waals surface area contributed by atoms with E-state index in [1.165, 1.54) is 16.7 Å². The number of nitrogens with one attached hydrogen (secondary N) is 1. The van der Waals surface area contributed by atoms with Gasteiger partial charge in [0.25, 0.3) is 0 Å². The van der Waals surface area contributed by atoms with Crippen molar-refractivity contribution in [2.24, 2.45) is 0 Å². The fourth-order valence-electron chi connectivity index (χ4n) is 2.04. The van der Waals surface area contributed by atoms with Crippen molar-refractivity contribution >= 4 is 15.9 Å². The van der Waals surface area contributed by atoms with Crippen LogP contribution >= 0.6 is 15.9 Å². The number of rotatable bonds is 7. The maximum atomic E-state index is 5.66. The molecule has 0 unspecified atom stereocenters. The van der Waals surface area contributed by atoms with Crippen molar-refractivity contribution in [2.75, 3.05) is 6.61 Å². The lowest BCUT2D eigenvalue weighted by molar-refractivity contribution is 0.315. The molecule has 0 atom stereocenters. The topological polar surface area (TPSA) is 21.3 Å². The molecule has 0 heterocycles. The molecule has 0 spiro atoms. The smallest absolute Gasteiger partial charge is 0.133 e. The highest BCUT2D eigenvalue weighted by molar-refractivity contribution is 9.10. The lowest BCUT2D eigenvalue weighted by atomic mass is 10.1. The van der Waals surface area contributed by atoms with Gasteiger partial charge in [-0.25, -0.2) is 0 Å². The number of halogens is 1. The Balaban J connectivity index is 1.85. The zero-order chi connectivity index (χ0) is 15.1. The summed E-state index contributed by atoms with van der Waals surface area (Å²) in [6.45, 7) is 6.70. The van der Waals surface area contributed by atoms with E-state index in [9.17, 15) is 0 Å². The van der Waals surface area contributed by atoms with Crippen LogP contribution in [-0.4, -0.2) is 6.61 Å². The molecule has 3 heteroatoms. The SMILES string of the molecule is CCCOc1ccc(CNCc2ccc(C)cc2)cc1Br. The molecule has 0 aromatic heterocycles. The quantitative estimate of drug-likeness (QED) is 0.773. The molecule has 0 fully saturated rings. The van der Waals surface area contributed by atoms with Crippen LogP contribution in [0.3, 0.4) is 0 Å². The van der Waals surface area contributed by atoms with Crippen LogP contribution in [0, 0.1) is 6.92 Å². The van der Waals surface area contributed by atoms with Crippen LogP contribution in [0.1, 0.15) is 30.0 Å². The van der Waals surface area contributed by atoms with E-state index in [0.717, 1.165) is 36.3 Å². The number of benzene rings is 2. The molecule has 0 saturated carbocycles. The van der Waals surface area contributed by atoms with Crippen LogP contribution in [-0.2, 0) is 13.1 Å². The van der Waals surface area contributed by atoms with Gasteiger partial charge in [0.15, 0.2) is 0 Å². The summed E-state index contributed by atoms with van der Waals surface area (Å²) in [4.78, 5) is 0. The Morgan fingerprint density at radius 2 is 1.67 bits per heavy atom. The van der Waals surface area contributed by atoms with Gasteiger partial charge in [0.2, 0.25) is 0 Å². The standard InChI is InChI=1S/C18H22BrNO/c1-3-10-21-18-9-8-16(11-17(18)19)13-20-12-15-6-4-14(2)5-7-15/h4-9,11,20H,3,10,12-13H2,1-2H3. The van der Waals surface area contributed by atoms with Crippen LogP contribution in [0.5, 0.6) is 5.75 Å². The first kappa shape index (κ1) is 16.1. The minimum atomic E-state index is 0.754. The Kier molecular flexibility index (Phi) is 6.27. The highest BCUT2D eigenvalue weighted by Gasteiger charge is 2.02. The van der Waals surface area contributed by atoms with Crippen LogP contribution in [0.15, 0.2) is 46.9 Å². The van der Waals surface area contributed by atoms with E-state index < -0.39 is 0 Å². The van der Waals surface area contributed by atoms with E-state index >= 15 is 0 Å². The molecule has 2 aromatic carbocycles. The second kappa shape index (κ2) is 8.20. The first-order chi connectivity index (χ1) is 10.2. The van der Waals surface area contributed by atoms with Gasteiger partial charge in [-0.2, -0.15) is 0 Å². The van der Waals surface area contributed by atoms with Gasteiger partial charge in [0, 0.05) is 13.1 Å². The van der Waals surface area contributed by atoms with Gasteiger partial charge >= 0.3 is 0 Å². The Bertz CT molecular complexity index is 566. The maximum Gasteiger partial charge on any atom is 0.133 e. The van der Waals surface area contributed by atoms with Crippen molar-refractivity contribution in [3.8, 4) is 5.75 Å². The Labute approximate surface area is 135 Å². The summed E-state index contributed by atoms with van der Waals surface area (Å²) in [6.07, 6.45) is 1.02. The normalized spacial score (nSPS) is 10.6. The fourth-order valence-corrected chi connectivity index (χ4v) is 2.58. The van der Waals surface area contributed by atoms with E-state index in [4.69, 9.17) is 4.74 Å². The molecular formula is C18H22BrNO. The molecule has 0 aliphatic heterocycles. The molecule has 0 aliphatic rings. The third-order valence-electron chi connectivity index (χ3n) is 3.24. The average molecular weight is 348 g/mol. The Morgan fingerprint density at radius 1 is 1.00 bits per heavy atom. The third kappa shape index (κ3) is 5.18. The van der Waals surface area contributed by atoms with Gasteiger partial charge in [0.1, 0.15) is 5.75 Å². The lowest BCUT2D eigenvalue weighted by Crippen LogP contribution is -2.12. The summed E-state index contributed by atoms with van der Waals surface area (Å²) < 4.78 is 6.68. The maximum absolute atomic E-state index is 5.66. The molecular weight excluding hydrogens is 326 g/mol. The molecule has 2 rings (SSSR count). The minimum absolute atomic E-state index is 0.754. The largest absolute Gasteiger partial charge is 0.492 e. The molecule has 21 heavy (non-hydrogen) atoms. The van der Waals surface area contributed by atoms with Crippen molar-refractivity contribution in [1.29, 1.82) is 0 Å². The van der Waals surface area contributed by atoms with Gasteiger partial charge in [-0.05, 0) is 52.5 Å². The number of ether oxygens (including phenoxy) is 1. The molecule has 0 aliphatic carbocycles. The van der Waals surface area contributed by atoms with Crippen molar-refractivity contribution in [3.63, 3.8) is 0 Å². The van der Waals surface area contributed by atoms with Crippen molar-refractivity contribution in [2.45, 2.75) is 33.4 Å². The van der Waals surface area contributed by atoms with Gasteiger partial charge in [-0.15, -0.1) is 0 Å². The van der Waals surface area contributed by atoms with E-state index in [1.54, 1.807) is 0 Å². The molecule has 0 saturated heterocycles. The molecule has 0 radical (unpaired) electrons. The molecule has 0 bridgehead atoms. The molecule has 2 nitrogen and oxygen atoms in total. The van der Waals surface area contributed by atoms with Gasteiger partial charge in [-0.1, -0.05) is 42.8 Å². The van der Waals surface area contributed by atoms with Crippen molar-refractivity contribution in [1.82, 2.24) is 5.32 Å². The summed E-state index contributed by atoms with van der Waals surface area (Å²) in [7, 11) is 0. The van der Waals surface area contributed by atoms with Gasteiger partial charge in [-0.3, -0.25) is 0 Å². The predicted molar refractivity (Wildman–Crippen MR) is 91.7 cm³/mol. The number of aryl methyl sites for hydroxylation is 1. The van der Waals surface area contributed by atoms with Gasteiger partial charge in [0.05, 0.1) is 11.1 Å². The molecule has 2 aromatic rings. The van der Waals surface area contributed by atoms with Crippen LogP contribution in [0.25, 0.3) is 0 Å². The Morgan fingerprint density at radius 3 is 2.33 bits per heavy atom.